The Morgan fingerprint density at radius 2 is 1.19 bits per heavy atom. The minimum atomic E-state index is -1.63. The molecule has 0 aliphatic carbocycles. The van der Waals surface area contributed by atoms with Gasteiger partial charge in [0.25, 0.3) is 0 Å². The summed E-state index contributed by atoms with van der Waals surface area (Å²) >= 11 is 2.91. The minimum Gasteiger partial charge on any atom is -0.423 e. The van der Waals surface area contributed by atoms with Crippen LogP contribution in [0, 0.1) is 35.2 Å². The van der Waals surface area contributed by atoms with Gasteiger partial charge >= 0.3 is 7.12 Å². The molecule has 0 spiro atoms. The second-order valence-electron chi connectivity index (χ2n) is 9.50. The monoisotopic (exact) mass is 656 g/mol. The Kier molecular flexibility index (Phi) is 12.4. The third-order valence-corrected chi connectivity index (χ3v) is 6.61. The Morgan fingerprint density at radius 3 is 1.64 bits per heavy atom. The van der Waals surface area contributed by atoms with Crippen molar-refractivity contribution in [3.63, 3.8) is 0 Å². The molecule has 0 atom stereocenters. The van der Waals surface area contributed by atoms with Gasteiger partial charge in [-0.2, -0.15) is 8.78 Å². The van der Waals surface area contributed by atoms with Gasteiger partial charge in [-0.3, -0.25) is 0 Å². The molecule has 6 nitrogen and oxygen atoms in total. The summed E-state index contributed by atoms with van der Waals surface area (Å²) < 4.78 is 78.7. The van der Waals surface area contributed by atoms with Crippen molar-refractivity contribution in [2.45, 2.75) is 39.5 Å². The molecule has 0 radical (unpaired) electrons. The van der Waals surface area contributed by atoms with Crippen molar-refractivity contribution < 1.29 is 36.4 Å². The molecule has 42 heavy (non-hydrogen) atoms. The van der Waals surface area contributed by atoms with Crippen molar-refractivity contribution in [3.05, 3.63) is 99.6 Å². The maximum absolute atomic E-state index is 13.9. The van der Waals surface area contributed by atoms with Gasteiger partial charge in [0.05, 0.1) is 10.2 Å². The van der Waals surface area contributed by atoms with Gasteiger partial charge < -0.3 is 21.5 Å². The summed E-state index contributed by atoms with van der Waals surface area (Å²) in [6.07, 6.45) is 2.35. The molecule has 4 rings (SSSR count). The molecule has 0 saturated carbocycles. The first kappa shape index (κ1) is 34.6. The fourth-order valence-electron chi connectivity index (χ4n) is 3.66. The number of benzene rings is 2. The molecular weight excluding hydrogens is 629 g/mol. The van der Waals surface area contributed by atoms with Crippen LogP contribution < -0.4 is 16.9 Å². The molecule has 0 aliphatic rings. The van der Waals surface area contributed by atoms with E-state index in [1.807, 2.05) is 27.7 Å². The summed E-state index contributed by atoms with van der Waals surface area (Å²) in [7, 11) is -1.63. The van der Waals surface area contributed by atoms with Crippen LogP contribution in [0.15, 0.2) is 53.3 Å². The van der Waals surface area contributed by atoms with Crippen molar-refractivity contribution in [1.82, 2.24) is 9.97 Å². The molecule has 2 aromatic heterocycles. The van der Waals surface area contributed by atoms with Crippen LogP contribution in [-0.2, 0) is 0 Å². The Morgan fingerprint density at radius 1 is 0.714 bits per heavy atom. The molecule has 224 valence electrons. The molecule has 0 bridgehead atoms. The predicted molar refractivity (Wildman–Crippen MR) is 155 cm³/mol. The zero-order valence-electron chi connectivity index (χ0n) is 22.9. The second-order valence-corrected chi connectivity index (χ2v) is 10.3. The first-order valence-corrected chi connectivity index (χ1v) is 13.2. The van der Waals surface area contributed by atoms with Crippen LogP contribution in [0.3, 0.4) is 0 Å². The number of nitrogen functional groups attached to an aromatic ring is 2. The van der Waals surface area contributed by atoms with Crippen LogP contribution in [0.5, 0.6) is 0 Å². The number of hydrogen-bond acceptors (Lipinski definition) is 6. The fraction of sp³-hybridized carbons (Fsp3) is 0.214. The molecule has 0 amide bonds. The Labute approximate surface area is 247 Å². The zero-order valence-corrected chi connectivity index (χ0v) is 24.5. The molecule has 6 N–H and O–H groups in total. The topological polar surface area (TPSA) is 118 Å². The van der Waals surface area contributed by atoms with Gasteiger partial charge in [-0.15, -0.1) is 0 Å². The van der Waals surface area contributed by atoms with E-state index in [1.165, 1.54) is 24.5 Å². The molecule has 2 aromatic carbocycles. The van der Waals surface area contributed by atoms with Crippen LogP contribution in [0.2, 0.25) is 0 Å². The average Bonchev–Trinajstić information content (AvgIpc) is 2.92. The third-order valence-electron chi connectivity index (χ3n) is 5.83. The minimum absolute atomic E-state index is 0.0104. The SMILES string of the molecule is CC(C)c1cc(F)c(F)c(-c2ccnc(F)c2)c1N.CC(C)c1cc(F)c(F)c(Br)c1N.OB(O)c1ccnc(F)c1. The predicted octanol–water partition coefficient (Wildman–Crippen LogP) is 6.20. The summed E-state index contributed by atoms with van der Waals surface area (Å²) in [5, 5.41) is 17.0. The van der Waals surface area contributed by atoms with Crippen LogP contribution in [0.1, 0.15) is 50.7 Å². The summed E-state index contributed by atoms with van der Waals surface area (Å²) in [6, 6.07) is 6.93. The first-order chi connectivity index (χ1) is 19.6. The number of nitrogens with zero attached hydrogens (tertiary/aromatic N) is 2. The summed E-state index contributed by atoms with van der Waals surface area (Å²) in [4.78, 5) is 6.61. The van der Waals surface area contributed by atoms with Gasteiger partial charge in [0.2, 0.25) is 11.9 Å². The molecular formula is C28H28BBrF6N4O2. The molecule has 2 heterocycles. The van der Waals surface area contributed by atoms with E-state index in [4.69, 9.17) is 21.5 Å². The van der Waals surface area contributed by atoms with E-state index in [0.717, 1.165) is 24.3 Å². The van der Waals surface area contributed by atoms with Gasteiger partial charge in [0.15, 0.2) is 23.3 Å². The molecule has 0 saturated heterocycles. The fourth-order valence-corrected chi connectivity index (χ4v) is 4.08. The molecule has 0 fully saturated rings. The number of halogens is 7. The van der Waals surface area contributed by atoms with Crippen molar-refractivity contribution >= 4 is 39.9 Å². The Hall–Kier alpha value is -3.62. The smallest absolute Gasteiger partial charge is 0.423 e. The Bertz CT molecular complexity index is 1540. The molecule has 14 heteroatoms. The quantitative estimate of drug-likeness (QED) is 0.0683. The van der Waals surface area contributed by atoms with E-state index in [0.29, 0.717) is 11.1 Å². The summed E-state index contributed by atoms with van der Waals surface area (Å²) in [5.74, 6) is -5.35. The Balaban J connectivity index is 0.000000234. The number of nitrogens with two attached hydrogens (primary N) is 2. The largest absolute Gasteiger partial charge is 0.488 e. The van der Waals surface area contributed by atoms with Crippen molar-refractivity contribution in [1.29, 1.82) is 0 Å². The molecule has 0 aliphatic heterocycles. The van der Waals surface area contributed by atoms with Crippen LogP contribution in [0.4, 0.5) is 37.7 Å². The van der Waals surface area contributed by atoms with Crippen molar-refractivity contribution in [2.75, 3.05) is 11.5 Å². The highest BCUT2D eigenvalue weighted by Gasteiger charge is 2.20. The lowest BCUT2D eigenvalue weighted by Crippen LogP contribution is -2.30. The zero-order chi connectivity index (χ0) is 31.9. The van der Waals surface area contributed by atoms with E-state index < -0.39 is 42.3 Å². The second kappa shape index (κ2) is 15.0. The van der Waals surface area contributed by atoms with Gasteiger partial charge in [0.1, 0.15) is 0 Å². The average molecular weight is 657 g/mol. The van der Waals surface area contributed by atoms with Crippen LogP contribution in [-0.4, -0.2) is 27.1 Å². The number of hydrogen-bond donors (Lipinski definition) is 4. The number of rotatable bonds is 4. The highest BCUT2D eigenvalue weighted by Crippen LogP contribution is 2.36. The first-order valence-electron chi connectivity index (χ1n) is 12.4. The van der Waals surface area contributed by atoms with Gasteiger partial charge in [-0.1, -0.05) is 27.7 Å². The lowest BCUT2D eigenvalue weighted by molar-refractivity contribution is 0.425. The molecule has 0 unspecified atom stereocenters. The lowest BCUT2D eigenvalue weighted by Gasteiger charge is -2.15. The van der Waals surface area contributed by atoms with Gasteiger partial charge in [-0.25, -0.2) is 27.5 Å². The lowest BCUT2D eigenvalue weighted by atomic mass is 9.81. The number of aromatic nitrogens is 2. The summed E-state index contributed by atoms with van der Waals surface area (Å²) in [6.45, 7) is 7.38. The van der Waals surface area contributed by atoms with E-state index in [2.05, 4.69) is 25.9 Å². The van der Waals surface area contributed by atoms with E-state index in [-0.39, 0.29) is 44.3 Å². The van der Waals surface area contributed by atoms with Crippen LogP contribution >= 0.6 is 15.9 Å². The third kappa shape index (κ3) is 8.69. The van der Waals surface area contributed by atoms with E-state index in [9.17, 15) is 26.3 Å². The highest BCUT2D eigenvalue weighted by atomic mass is 79.9. The number of anilines is 2. The van der Waals surface area contributed by atoms with Gasteiger partial charge in [-0.05, 0) is 80.3 Å². The highest BCUT2D eigenvalue weighted by molar-refractivity contribution is 9.10. The van der Waals surface area contributed by atoms with E-state index >= 15 is 0 Å². The molecule has 4 aromatic rings. The summed E-state index contributed by atoms with van der Waals surface area (Å²) in [5.41, 5.74) is 13.1. The standard InChI is InChI=1S/C14H13F3N2.C9H10BrF2N.C5H5BFNO2/c1-7(2)9-6-10(15)13(17)12(14(9)18)8-3-4-19-11(16)5-8;1-4(2)5-3-6(11)8(12)7(10)9(5)13;7-5-3-4(6(9)10)1-2-8-5/h3-7H,18H2,1-2H3;3-4H,13H2,1-2H3;1-3,9-10H. The normalized spacial score (nSPS) is 10.6. The van der Waals surface area contributed by atoms with Crippen LogP contribution in [0.25, 0.3) is 11.1 Å². The number of pyridine rings is 2. The maximum Gasteiger partial charge on any atom is 0.488 e. The van der Waals surface area contributed by atoms with Gasteiger partial charge in [0, 0.05) is 29.7 Å². The van der Waals surface area contributed by atoms with E-state index in [1.54, 1.807) is 0 Å². The van der Waals surface area contributed by atoms with Crippen molar-refractivity contribution in [3.8, 4) is 11.1 Å². The maximum atomic E-state index is 13.9. The van der Waals surface area contributed by atoms with Crippen molar-refractivity contribution in [2.24, 2.45) is 0 Å².